The molecule has 1 rings (SSSR count). The summed E-state index contributed by atoms with van der Waals surface area (Å²) in [6.45, 7) is 0. The molecule has 0 atom stereocenters. The largest absolute Gasteiger partial charge is 0.465 e. The number of nitrogens with zero attached hydrogens (tertiary/aromatic N) is 2. The molecular weight excluding hydrogens is 219 g/mol. The molecule has 0 saturated carbocycles. The van der Waals surface area contributed by atoms with Gasteiger partial charge in [-0.25, -0.2) is 9.18 Å². The van der Waals surface area contributed by atoms with Crippen molar-refractivity contribution >= 4 is 11.7 Å². The van der Waals surface area contributed by atoms with E-state index in [1.807, 2.05) is 0 Å². The fourth-order valence-electron chi connectivity index (χ4n) is 1.10. The number of hydrogen-bond acceptors (Lipinski definition) is 5. The van der Waals surface area contributed by atoms with Crippen LogP contribution in [-0.4, -0.2) is 18.0 Å². The van der Waals surface area contributed by atoms with E-state index in [-0.39, 0.29) is 5.56 Å². The van der Waals surface area contributed by atoms with Crippen LogP contribution < -0.4 is 0 Å². The third-order valence-electron chi connectivity index (χ3n) is 1.78. The molecule has 0 N–H and O–H groups in total. The number of nitro groups is 1. The van der Waals surface area contributed by atoms with Crippen molar-refractivity contribution in [1.82, 2.24) is 0 Å². The van der Waals surface area contributed by atoms with Crippen LogP contribution in [0.5, 0.6) is 0 Å². The Morgan fingerprint density at radius 3 is 2.69 bits per heavy atom. The van der Waals surface area contributed by atoms with E-state index in [0.717, 1.165) is 19.2 Å². The molecule has 6 nitrogen and oxygen atoms in total. The van der Waals surface area contributed by atoms with Gasteiger partial charge in [0.05, 0.1) is 23.7 Å². The zero-order valence-corrected chi connectivity index (χ0v) is 8.06. The van der Waals surface area contributed by atoms with Gasteiger partial charge in [0.1, 0.15) is 5.82 Å². The van der Waals surface area contributed by atoms with Crippen LogP contribution in [0.1, 0.15) is 15.9 Å². The first-order valence-corrected chi connectivity index (χ1v) is 3.97. The van der Waals surface area contributed by atoms with Crippen molar-refractivity contribution in [3.8, 4) is 6.07 Å². The number of methoxy groups -OCH3 is 1. The van der Waals surface area contributed by atoms with E-state index in [1.165, 1.54) is 0 Å². The Kier molecular flexibility index (Phi) is 3.15. The van der Waals surface area contributed by atoms with Gasteiger partial charge in [-0.3, -0.25) is 10.1 Å². The number of rotatable bonds is 2. The van der Waals surface area contributed by atoms with Gasteiger partial charge in [-0.1, -0.05) is 0 Å². The summed E-state index contributed by atoms with van der Waals surface area (Å²) in [6, 6.07) is 3.10. The lowest BCUT2D eigenvalue weighted by Gasteiger charge is -2.02. The van der Waals surface area contributed by atoms with Gasteiger partial charge in [0.15, 0.2) is 5.56 Å². The fraction of sp³-hybridized carbons (Fsp3) is 0.111. The van der Waals surface area contributed by atoms with Crippen molar-refractivity contribution in [2.24, 2.45) is 0 Å². The second kappa shape index (κ2) is 4.35. The molecule has 7 heteroatoms. The Morgan fingerprint density at radius 2 is 2.25 bits per heavy atom. The minimum Gasteiger partial charge on any atom is -0.465 e. The average Bonchev–Trinajstić information content (AvgIpc) is 2.26. The van der Waals surface area contributed by atoms with Crippen LogP contribution in [0.4, 0.5) is 10.1 Å². The van der Waals surface area contributed by atoms with Gasteiger partial charge >= 0.3 is 5.97 Å². The molecule has 1 aromatic carbocycles. The number of nitriles is 1. The Bertz CT molecular complexity index is 507. The number of carbonyl (C=O) groups excluding carboxylic acids is 1. The normalized spacial score (nSPS) is 9.31. The van der Waals surface area contributed by atoms with E-state index in [1.54, 1.807) is 6.07 Å². The van der Waals surface area contributed by atoms with Gasteiger partial charge in [0.2, 0.25) is 0 Å². The van der Waals surface area contributed by atoms with E-state index in [0.29, 0.717) is 0 Å². The second-order valence-corrected chi connectivity index (χ2v) is 2.71. The summed E-state index contributed by atoms with van der Waals surface area (Å²) < 4.78 is 17.6. The minimum atomic E-state index is -1.16. The molecule has 0 spiro atoms. The zero-order chi connectivity index (χ0) is 12.3. The van der Waals surface area contributed by atoms with Crippen molar-refractivity contribution < 1.29 is 18.8 Å². The fourth-order valence-corrected chi connectivity index (χ4v) is 1.10. The lowest BCUT2D eigenvalue weighted by molar-refractivity contribution is -0.385. The zero-order valence-electron chi connectivity index (χ0n) is 8.06. The Labute approximate surface area is 89.0 Å². The maximum Gasteiger partial charge on any atom is 0.347 e. The van der Waals surface area contributed by atoms with Crippen LogP contribution in [0.2, 0.25) is 0 Å². The molecule has 0 heterocycles. The van der Waals surface area contributed by atoms with Crippen LogP contribution >= 0.6 is 0 Å². The maximum atomic E-state index is 13.3. The standard InChI is InChI=1S/C9H5FN2O4/c1-16-9(13)8-6(10)2-5(4-11)3-7(8)12(14)15/h2-3H,1H3. The van der Waals surface area contributed by atoms with Crippen LogP contribution in [-0.2, 0) is 4.74 Å². The molecular formula is C9H5FN2O4. The molecule has 16 heavy (non-hydrogen) atoms. The predicted molar refractivity (Wildman–Crippen MR) is 49.1 cm³/mol. The molecule has 0 saturated heterocycles. The van der Waals surface area contributed by atoms with E-state index in [2.05, 4.69) is 4.74 Å². The van der Waals surface area contributed by atoms with Crippen molar-refractivity contribution in [2.45, 2.75) is 0 Å². The van der Waals surface area contributed by atoms with Crippen LogP contribution in [0.15, 0.2) is 12.1 Å². The first-order valence-electron chi connectivity index (χ1n) is 3.97. The number of ether oxygens (including phenoxy) is 1. The van der Waals surface area contributed by atoms with Gasteiger partial charge in [-0.05, 0) is 6.07 Å². The van der Waals surface area contributed by atoms with Crippen LogP contribution in [0.25, 0.3) is 0 Å². The van der Waals surface area contributed by atoms with Gasteiger partial charge in [-0.2, -0.15) is 5.26 Å². The second-order valence-electron chi connectivity index (χ2n) is 2.71. The highest BCUT2D eigenvalue weighted by Crippen LogP contribution is 2.24. The first kappa shape index (κ1) is 11.6. The highest BCUT2D eigenvalue weighted by Gasteiger charge is 2.26. The van der Waals surface area contributed by atoms with Crippen LogP contribution in [0, 0.1) is 27.3 Å². The first-order chi connectivity index (χ1) is 7.51. The number of nitro benzene ring substituents is 1. The van der Waals surface area contributed by atoms with Crippen molar-refractivity contribution in [3.63, 3.8) is 0 Å². The molecule has 1 aromatic rings. The lowest BCUT2D eigenvalue weighted by atomic mass is 10.1. The minimum absolute atomic E-state index is 0.239. The van der Waals surface area contributed by atoms with E-state index in [4.69, 9.17) is 5.26 Å². The third-order valence-corrected chi connectivity index (χ3v) is 1.78. The molecule has 0 fully saturated rings. The summed E-state index contributed by atoms with van der Waals surface area (Å²) in [6.07, 6.45) is 0. The van der Waals surface area contributed by atoms with E-state index >= 15 is 0 Å². The highest BCUT2D eigenvalue weighted by molar-refractivity contribution is 5.94. The predicted octanol–water partition coefficient (Wildman–Crippen LogP) is 1.39. The van der Waals surface area contributed by atoms with E-state index < -0.39 is 28.0 Å². The molecule has 0 aliphatic rings. The molecule has 82 valence electrons. The summed E-state index contributed by atoms with van der Waals surface area (Å²) in [5, 5.41) is 19.1. The highest BCUT2D eigenvalue weighted by atomic mass is 19.1. The van der Waals surface area contributed by atoms with E-state index in [9.17, 15) is 19.3 Å². The number of carbonyl (C=O) groups is 1. The summed E-state index contributed by atoms with van der Waals surface area (Å²) in [5.41, 5.74) is -1.81. The Balaban J connectivity index is 3.53. The van der Waals surface area contributed by atoms with Crippen molar-refractivity contribution in [2.75, 3.05) is 7.11 Å². The average molecular weight is 224 g/mol. The Hall–Kier alpha value is -2.49. The molecule has 0 radical (unpaired) electrons. The van der Waals surface area contributed by atoms with Crippen LogP contribution in [0.3, 0.4) is 0 Å². The van der Waals surface area contributed by atoms with Gasteiger partial charge in [0, 0.05) is 6.07 Å². The third kappa shape index (κ3) is 1.95. The van der Waals surface area contributed by atoms with Gasteiger partial charge in [0.25, 0.3) is 5.69 Å². The summed E-state index contributed by atoms with van der Waals surface area (Å²) in [4.78, 5) is 20.7. The molecule has 0 bridgehead atoms. The maximum absolute atomic E-state index is 13.3. The molecule has 0 aliphatic heterocycles. The number of halogens is 1. The van der Waals surface area contributed by atoms with Crippen molar-refractivity contribution in [1.29, 1.82) is 5.26 Å². The SMILES string of the molecule is COC(=O)c1c(F)cc(C#N)cc1[N+](=O)[O-]. The van der Waals surface area contributed by atoms with Gasteiger partial charge in [-0.15, -0.1) is 0 Å². The molecule has 0 aromatic heterocycles. The van der Waals surface area contributed by atoms with Crippen molar-refractivity contribution in [3.05, 3.63) is 39.2 Å². The number of benzene rings is 1. The monoisotopic (exact) mass is 224 g/mol. The topological polar surface area (TPSA) is 93.2 Å². The number of hydrogen-bond donors (Lipinski definition) is 0. The lowest BCUT2D eigenvalue weighted by Crippen LogP contribution is -2.09. The summed E-state index contributed by atoms with van der Waals surface area (Å²) in [5.74, 6) is -2.31. The molecule has 0 aliphatic carbocycles. The summed E-state index contributed by atoms with van der Waals surface area (Å²) >= 11 is 0. The smallest absolute Gasteiger partial charge is 0.347 e. The molecule has 0 unspecified atom stereocenters. The Morgan fingerprint density at radius 1 is 1.62 bits per heavy atom. The quantitative estimate of drug-likeness (QED) is 0.430. The number of esters is 1. The van der Waals surface area contributed by atoms with Gasteiger partial charge < -0.3 is 4.74 Å². The summed E-state index contributed by atoms with van der Waals surface area (Å²) in [7, 11) is 0.976. The molecule has 0 amide bonds.